The number of halogens is 1. The van der Waals surface area contributed by atoms with E-state index in [0.29, 0.717) is 23.9 Å². The van der Waals surface area contributed by atoms with Gasteiger partial charge in [0.1, 0.15) is 5.75 Å². The molecule has 0 bridgehead atoms. The van der Waals surface area contributed by atoms with Crippen LogP contribution < -0.4 is 10.1 Å². The van der Waals surface area contributed by atoms with Crippen LogP contribution in [-0.2, 0) is 16.1 Å². The highest BCUT2D eigenvalue weighted by molar-refractivity contribution is 6.32. The number of esters is 1. The first-order chi connectivity index (χ1) is 10.2. The third kappa shape index (κ3) is 6.82. The second-order valence-electron chi connectivity index (χ2n) is 4.77. The first-order valence-electron chi connectivity index (χ1n) is 7.45. The molecule has 0 fully saturated rings. The van der Waals surface area contributed by atoms with Crippen LogP contribution in [-0.4, -0.2) is 25.7 Å². The van der Waals surface area contributed by atoms with E-state index >= 15 is 0 Å². The topological polar surface area (TPSA) is 47.6 Å². The molecule has 4 nitrogen and oxygen atoms in total. The fraction of sp³-hybridized carbons (Fsp3) is 0.562. The molecule has 0 unspecified atom stereocenters. The number of hydrogen-bond donors (Lipinski definition) is 1. The van der Waals surface area contributed by atoms with Gasteiger partial charge in [0.2, 0.25) is 0 Å². The number of rotatable bonds is 10. The lowest BCUT2D eigenvalue weighted by Gasteiger charge is -2.13. The lowest BCUT2D eigenvalue weighted by molar-refractivity contribution is -0.146. The number of carbonyl (C=O) groups is 1. The Morgan fingerprint density at radius 2 is 2.10 bits per heavy atom. The molecule has 0 saturated carbocycles. The van der Waals surface area contributed by atoms with Crippen LogP contribution in [0.25, 0.3) is 0 Å². The summed E-state index contributed by atoms with van der Waals surface area (Å²) in [6.45, 7) is 6.05. The van der Waals surface area contributed by atoms with Crippen LogP contribution in [0.2, 0.25) is 5.02 Å². The van der Waals surface area contributed by atoms with Crippen LogP contribution in [0.4, 0.5) is 0 Å². The molecule has 0 aromatic heterocycles. The van der Waals surface area contributed by atoms with E-state index in [0.717, 1.165) is 31.4 Å². The van der Waals surface area contributed by atoms with Gasteiger partial charge in [0.05, 0.1) is 11.6 Å². The molecule has 0 amide bonds. The highest BCUT2D eigenvalue weighted by atomic mass is 35.5. The Kier molecular flexibility index (Phi) is 8.87. The molecule has 0 atom stereocenters. The molecule has 0 aliphatic rings. The van der Waals surface area contributed by atoms with E-state index in [1.165, 1.54) is 0 Å². The summed E-state index contributed by atoms with van der Waals surface area (Å²) in [7, 11) is 0. The van der Waals surface area contributed by atoms with E-state index in [4.69, 9.17) is 21.1 Å². The number of nitrogens with one attached hydrogen (secondary N) is 1. The predicted molar refractivity (Wildman–Crippen MR) is 84.8 cm³/mol. The summed E-state index contributed by atoms with van der Waals surface area (Å²) in [6, 6.07) is 5.56. The number of hydrogen-bond acceptors (Lipinski definition) is 4. The molecule has 0 spiro atoms. The van der Waals surface area contributed by atoms with Crippen LogP contribution in [0.5, 0.6) is 5.75 Å². The first-order valence-corrected chi connectivity index (χ1v) is 7.83. The molecule has 0 radical (unpaired) electrons. The maximum absolute atomic E-state index is 11.6. The van der Waals surface area contributed by atoms with E-state index in [-0.39, 0.29) is 12.6 Å². The Morgan fingerprint density at radius 3 is 2.81 bits per heavy atom. The van der Waals surface area contributed by atoms with E-state index in [2.05, 4.69) is 12.2 Å². The first kappa shape index (κ1) is 17.8. The fourth-order valence-corrected chi connectivity index (χ4v) is 2.01. The van der Waals surface area contributed by atoms with Gasteiger partial charge in [-0.2, -0.15) is 0 Å². The van der Waals surface area contributed by atoms with Gasteiger partial charge in [-0.1, -0.05) is 44.0 Å². The van der Waals surface area contributed by atoms with Crippen molar-refractivity contribution in [2.24, 2.45) is 0 Å². The van der Waals surface area contributed by atoms with Gasteiger partial charge in [-0.05, 0) is 25.5 Å². The highest BCUT2D eigenvalue weighted by Crippen LogP contribution is 2.28. The predicted octanol–water partition coefficient (Wildman–Crippen LogP) is 3.56. The largest absolute Gasteiger partial charge is 0.480 e. The van der Waals surface area contributed by atoms with E-state index in [1.54, 1.807) is 6.07 Å². The molecule has 1 N–H and O–H groups in total. The smallest absolute Gasteiger partial charge is 0.344 e. The summed E-state index contributed by atoms with van der Waals surface area (Å²) in [4.78, 5) is 11.6. The summed E-state index contributed by atoms with van der Waals surface area (Å²) in [5.41, 5.74) is 0.942. The monoisotopic (exact) mass is 313 g/mol. The van der Waals surface area contributed by atoms with Crippen molar-refractivity contribution in [1.29, 1.82) is 0 Å². The standard InChI is InChI=1S/C16H24ClNO3/c1-3-5-10-20-15(19)12-21-16-13(11-18-9-4-2)7-6-8-14(16)17/h6-8,18H,3-5,9-12H2,1-2H3. The molecular weight excluding hydrogens is 290 g/mol. The zero-order valence-electron chi connectivity index (χ0n) is 12.8. The van der Waals surface area contributed by atoms with E-state index in [1.807, 2.05) is 19.1 Å². The SMILES string of the molecule is CCCCOC(=O)COc1c(Cl)cccc1CNCCC. The van der Waals surface area contributed by atoms with E-state index in [9.17, 15) is 4.79 Å². The lowest BCUT2D eigenvalue weighted by atomic mass is 10.2. The minimum absolute atomic E-state index is 0.117. The van der Waals surface area contributed by atoms with E-state index < -0.39 is 0 Å². The lowest BCUT2D eigenvalue weighted by Crippen LogP contribution is -2.18. The van der Waals surface area contributed by atoms with Crippen molar-refractivity contribution in [2.45, 2.75) is 39.7 Å². The average molecular weight is 314 g/mol. The van der Waals surface area contributed by atoms with Crippen LogP contribution in [0.15, 0.2) is 18.2 Å². The minimum Gasteiger partial charge on any atom is -0.480 e. The number of carbonyl (C=O) groups excluding carboxylic acids is 1. The Labute approximate surface area is 131 Å². The summed E-state index contributed by atoms with van der Waals surface area (Å²) in [6.07, 6.45) is 2.91. The zero-order chi connectivity index (χ0) is 15.5. The number of ether oxygens (including phenoxy) is 2. The van der Waals surface area contributed by atoms with Gasteiger partial charge < -0.3 is 14.8 Å². The van der Waals surface area contributed by atoms with Gasteiger partial charge >= 0.3 is 5.97 Å². The average Bonchev–Trinajstić information content (AvgIpc) is 2.47. The Hall–Kier alpha value is -1.26. The maximum atomic E-state index is 11.6. The molecule has 1 aromatic carbocycles. The molecule has 0 aliphatic carbocycles. The maximum Gasteiger partial charge on any atom is 0.344 e. The summed E-state index contributed by atoms with van der Waals surface area (Å²) in [5, 5.41) is 3.80. The van der Waals surface area contributed by atoms with Gasteiger partial charge in [0.25, 0.3) is 0 Å². The normalized spacial score (nSPS) is 10.4. The summed E-state index contributed by atoms with van der Waals surface area (Å²) >= 11 is 6.15. The van der Waals surface area contributed by atoms with Gasteiger partial charge in [0, 0.05) is 12.1 Å². The van der Waals surface area contributed by atoms with Crippen molar-refractivity contribution in [1.82, 2.24) is 5.32 Å². The van der Waals surface area contributed by atoms with Crippen LogP contribution in [0.1, 0.15) is 38.7 Å². The highest BCUT2D eigenvalue weighted by Gasteiger charge is 2.11. The molecule has 1 rings (SSSR count). The van der Waals surface area contributed by atoms with Crippen molar-refractivity contribution in [3.8, 4) is 5.75 Å². The van der Waals surface area contributed by atoms with Crippen molar-refractivity contribution in [2.75, 3.05) is 19.8 Å². The number of benzene rings is 1. The molecular formula is C16H24ClNO3. The molecule has 118 valence electrons. The molecule has 0 saturated heterocycles. The third-order valence-electron chi connectivity index (χ3n) is 2.89. The summed E-state index contributed by atoms with van der Waals surface area (Å²) < 4.78 is 10.6. The summed E-state index contributed by atoms with van der Waals surface area (Å²) in [5.74, 6) is 0.186. The second-order valence-corrected chi connectivity index (χ2v) is 5.17. The Balaban J connectivity index is 2.54. The molecule has 0 heterocycles. The van der Waals surface area contributed by atoms with Crippen molar-refractivity contribution in [3.63, 3.8) is 0 Å². The van der Waals surface area contributed by atoms with Crippen molar-refractivity contribution in [3.05, 3.63) is 28.8 Å². The Bertz CT molecular complexity index is 438. The number of para-hydroxylation sites is 1. The number of unbranched alkanes of at least 4 members (excludes halogenated alkanes) is 1. The fourth-order valence-electron chi connectivity index (χ4n) is 1.76. The van der Waals surface area contributed by atoms with Gasteiger partial charge in [-0.3, -0.25) is 0 Å². The minimum atomic E-state index is -0.365. The van der Waals surface area contributed by atoms with Gasteiger partial charge in [-0.15, -0.1) is 0 Å². The molecule has 21 heavy (non-hydrogen) atoms. The third-order valence-corrected chi connectivity index (χ3v) is 3.18. The quantitative estimate of drug-likeness (QED) is 0.530. The molecule has 0 aliphatic heterocycles. The Morgan fingerprint density at radius 1 is 1.29 bits per heavy atom. The van der Waals surface area contributed by atoms with Gasteiger partial charge in [-0.25, -0.2) is 4.79 Å². The van der Waals surface area contributed by atoms with Crippen LogP contribution >= 0.6 is 11.6 Å². The molecule has 5 heteroatoms. The van der Waals surface area contributed by atoms with Crippen LogP contribution in [0.3, 0.4) is 0 Å². The second kappa shape index (κ2) is 10.5. The molecule has 1 aromatic rings. The van der Waals surface area contributed by atoms with Crippen LogP contribution in [0, 0.1) is 0 Å². The van der Waals surface area contributed by atoms with Crippen molar-refractivity contribution < 1.29 is 14.3 Å². The zero-order valence-corrected chi connectivity index (χ0v) is 13.5. The van der Waals surface area contributed by atoms with Gasteiger partial charge in [0.15, 0.2) is 6.61 Å². The van der Waals surface area contributed by atoms with Crippen molar-refractivity contribution >= 4 is 17.6 Å².